The summed E-state index contributed by atoms with van der Waals surface area (Å²) in [5.74, 6) is -0.148. The number of methoxy groups -OCH3 is 1. The first-order valence-corrected chi connectivity index (χ1v) is 12.7. The summed E-state index contributed by atoms with van der Waals surface area (Å²) in [4.78, 5) is 27.0. The first-order chi connectivity index (χ1) is 17.8. The fourth-order valence-electron chi connectivity index (χ4n) is 4.81. The van der Waals surface area contributed by atoms with Crippen molar-refractivity contribution in [3.05, 3.63) is 65.7 Å². The first kappa shape index (κ1) is 27.1. The number of carbonyl (C=O) groups excluding carboxylic acids is 2. The van der Waals surface area contributed by atoms with Crippen LogP contribution in [0.3, 0.4) is 0 Å². The minimum Gasteiger partial charge on any atom is -0.497 e. The standard InChI is InChI=1S/C28H37N3O6/c1-27(18-37-27)24(33)22(15-19-7-4-3-5-8-19)30-25(34)23(16-20-9-11-21(36-2)12-10-20)31-26(35)28(17-32)13-6-14-29-28/h3-5,7-12,22-24,29,32-33H,6,13-18H2,1-2H3,(H,30,34)(H,31,35). The molecular weight excluding hydrogens is 474 g/mol. The number of carbonyl (C=O) groups is 2. The van der Waals surface area contributed by atoms with E-state index in [4.69, 9.17) is 9.47 Å². The smallest absolute Gasteiger partial charge is 0.243 e. The SMILES string of the molecule is COc1ccc(CC(NC(=O)C2(CO)CCCN2)C(=O)NC(Cc2ccccc2)C(O)C2(C)CO2)cc1. The largest absolute Gasteiger partial charge is 0.497 e. The van der Waals surface area contributed by atoms with Gasteiger partial charge in [0.25, 0.3) is 0 Å². The summed E-state index contributed by atoms with van der Waals surface area (Å²) in [6.07, 6.45) is 0.933. The number of hydrogen-bond acceptors (Lipinski definition) is 7. The van der Waals surface area contributed by atoms with Crippen LogP contribution in [0.15, 0.2) is 54.6 Å². The van der Waals surface area contributed by atoms with Crippen LogP contribution in [0.5, 0.6) is 5.75 Å². The molecule has 0 spiro atoms. The molecule has 5 N–H and O–H groups in total. The van der Waals surface area contributed by atoms with Crippen LogP contribution in [0, 0.1) is 0 Å². The quantitative estimate of drug-likeness (QED) is 0.265. The van der Waals surface area contributed by atoms with E-state index in [1.54, 1.807) is 19.2 Å². The maximum atomic E-state index is 13.7. The summed E-state index contributed by atoms with van der Waals surface area (Å²) in [6.45, 7) is 2.48. The molecular formula is C28H37N3O6. The van der Waals surface area contributed by atoms with Gasteiger partial charge in [-0.15, -0.1) is 0 Å². The van der Waals surface area contributed by atoms with Gasteiger partial charge in [0.1, 0.15) is 29.0 Å². The number of nitrogens with one attached hydrogen (secondary N) is 3. The predicted molar refractivity (Wildman–Crippen MR) is 138 cm³/mol. The summed E-state index contributed by atoms with van der Waals surface area (Å²) < 4.78 is 10.7. The van der Waals surface area contributed by atoms with Gasteiger partial charge in [0, 0.05) is 6.42 Å². The number of amides is 2. The summed E-state index contributed by atoms with van der Waals surface area (Å²) in [7, 11) is 1.58. The second-order valence-corrected chi connectivity index (χ2v) is 10.2. The van der Waals surface area contributed by atoms with Crippen LogP contribution < -0.4 is 20.7 Å². The number of ether oxygens (including phenoxy) is 2. The number of benzene rings is 2. The average Bonchev–Trinajstić information content (AvgIpc) is 3.47. The molecule has 9 heteroatoms. The number of epoxide rings is 1. The Hall–Kier alpha value is -2.98. The van der Waals surface area contributed by atoms with Gasteiger partial charge in [0.2, 0.25) is 11.8 Å². The fraction of sp³-hybridized carbons (Fsp3) is 0.500. The van der Waals surface area contributed by atoms with Gasteiger partial charge in [-0.25, -0.2) is 0 Å². The highest BCUT2D eigenvalue weighted by molar-refractivity contribution is 5.92. The molecule has 5 unspecified atom stereocenters. The van der Waals surface area contributed by atoms with Gasteiger partial charge < -0.3 is 35.6 Å². The van der Waals surface area contributed by atoms with E-state index in [9.17, 15) is 19.8 Å². The summed E-state index contributed by atoms with van der Waals surface area (Å²) in [6, 6.07) is 15.3. The van der Waals surface area contributed by atoms with Gasteiger partial charge in [0.05, 0.1) is 26.4 Å². The maximum absolute atomic E-state index is 13.7. The van der Waals surface area contributed by atoms with Gasteiger partial charge in [-0.05, 0) is 56.0 Å². The van der Waals surface area contributed by atoms with Crippen molar-refractivity contribution in [3.8, 4) is 5.75 Å². The Bertz CT molecular complexity index is 1050. The molecule has 5 atom stereocenters. The molecule has 2 saturated heterocycles. The van der Waals surface area contributed by atoms with E-state index < -0.39 is 41.1 Å². The number of aliphatic hydroxyl groups is 2. The molecule has 0 saturated carbocycles. The number of rotatable bonds is 12. The monoisotopic (exact) mass is 511 g/mol. The van der Waals surface area contributed by atoms with E-state index in [1.165, 1.54) is 0 Å². The number of aliphatic hydroxyl groups excluding tert-OH is 2. The molecule has 2 aromatic carbocycles. The second-order valence-electron chi connectivity index (χ2n) is 10.2. The Morgan fingerprint density at radius 1 is 1.08 bits per heavy atom. The topological polar surface area (TPSA) is 132 Å². The normalized spacial score (nSPS) is 25.1. The molecule has 0 aliphatic carbocycles. The van der Waals surface area contributed by atoms with E-state index in [2.05, 4.69) is 16.0 Å². The molecule has 9 nitrogen and oxygen atoms in total. The zero-order chi connectivity index (χ0) is 26.5. The molecule has 0 aromatic heterocycles. The van der Waals surface area contributed by atoms with Crippen molar-refractivity contribution in [2.45, 2.75) is 61.9 Å². The maximum Gasteiger partial charge on any atom is 0.243 e. The van der Waals surface area contributed by atoms with E-state index in [-0.39, 0.29) is 13.0 Å². The van der Waals surface area contributed by atoms with Gasteiger partial charge >= 0.3 is 0 Å². The molecule has 2 aliphatic heterocycles. The molecule has 4 rings (SSSR count). The Kier molecular flexibility index (Phi) is 8.49. The van der Waals surface area contributed by atoms with E-state index >= 15 is 0 Å². The third-order valence-corrected chi connectivity index (χ3v) is 7.40. The van der Waals surface area contributed by atoms with Crippen LogP contribution in [0.25, 0.3) is 0 Å². The van der Waals surface area contributed by atoms with Gasteiger partial charge in [0.15, 0.2) is 0 Å². The van der Waals surface area contributed by atoms with Crippen LogP contribution in [0.2, 0.25) is 0 Å². The van der Waals surface area contributed by atoms with E-state index in [0.29, 0.717) is 31.7 Å². The van der Waals surface area contributed by atoms with Crippen LogP contribution in [-0.4, -0.2) is 78.2 Å². The Morgan fingerprint density at radius 3 is 2.32 bits per heavy atom. The molecule has 2 aromatic rings. The summed E-state index contributed by atoms with van der Waals surface area (Å²) in [5, 5.41) is 30.0. The fourth-order valence-corrected chi connectivity index (χ4v) is 4.81. The van der Waals surface area contributed by atoms with Crippen molar-refractivity contribution in [1.82, 2.24) is 16.0 Å². The minimum absolute atomic E-state index is 0.227. The Morgan fingerprint density at radius 2 is 1.76 bits per heavy atom. The van der Waals surface area contributed by atoms with Crippen molar-refractivity contribution in [2.24, 2.45) is 0 Å². The highest BCUT2D eigenvalue weighted by Gasteiger charge is 2.50. The van der Waals surface area contributed by atoms with Crippen molar-refractivity contribution in [3.63, 3.8) is 0 Å². The lowest BCUT2D eigenvalue weighted by Crippen LogP contribution is -2.62. The highest BCUT2D eigenvalue weighted by atomic mass is 16.6. The van der Waals surface area contributed by atoms with Crippen molar-refractivity contribution in [1.29, 1.82) is 0 Å². The highest BCUT2D eigenvalue weighted by Crippen LogP contribution is 2.32. The molecule has 37 heavy (non-hydrogen) atoms. The Labute approximate surface area is 217 Å². The predicted octanol–water partition coefficient (Wildman–Crippen LogP) is 0.714. The lowest BCUT2D eigenvalue weighted by Gasteiger charge is -2.31. The lowest BCUT2D eigenvalue weighted by molar-refractivity contribution is -0.134. The van der Waals surface area contributed by atoms with Crippen LogP contribution in [0.1, 0.15) is 30.9 Å². The third-order valence-electron chi connectivity index (χ3n) is 7.40. The summed E-state index contributed by atoms with van der Waals surface area (Å²) >= 11 is 0. The van der Waals surface area contributed by atoms with Crippen molar-refractivity contribution >= 4 is 11.8 Å². The van der Waals surface area contributed by atoms with Crippen LogP contribution in [0.4, 0.5) is 0 Å². The molecule has 2 amide bonds. The molecule has 0 radical (unpaired) electrons. The first-order valence-electron chi connectivity index (χ1n) is 12.7. The van der Waals surface area contributed by atoms with Crippen molar-refractivity contribution in [2.75, 3.05) is 26.9 Å². The zero-order valence-electron chi connectivity index (χ0n) is 21.4. The minimum atomic E-state index is -1.11. The van der Waals surface area contributed by atoms with Gasteiger partial charge in [-0.1, -0.05) is 42.5 Å². The Balaban J connectivity index is 1.55. The number of hydrogen-bond donors (Lipinski definition) is 5. The molecule has 2 aliphatic rings. The van der Waals surface area contributed by atoms with Crippen LogP contribution >= 0.6 is 0 Å². The second kappa shape index (κ2) is 11.6. The van der Waals surface area contributed by atoms with E-state index in [1.807, 2.05) is 49.4 Å². The van der Waals surface area contributed by atoms with Gasteiger partial charge in [-0.2, -0.15) is 0 Å². The molecule has 2 fully saturated rings. The van der Waals surface area contributed by atoms with Crippen LogP contribution in [-0.2, 0) is 27.2 Å². The van der Waals surface area contributed by atoms with Gasteiger partial charge in [-0.3, -0.25) is 9.59 Å². The lowest BCUT2D eigenvalue weighted by atomic mass is 9.92. The third kappa shape index (κ3) is 6.48. The average molecular weight is 512 g/mol. The zero-order valence-corrected chi connectivity index (χ0v) is 21.4. The molecule has 200 valence electrons. The molecule has 2 heterocycles. The van der Waals surface area contributed by atoms with E-state index in [0.717, 1.165) is 17.5 Å². The summed E-state index contributed by atoms with van der Waals surface area (Å²) in [5.41, 5.74) is -0.0510. The van der Waals surface area contributed by atoms with Crippen molar-refractivity contribution < 1.29 is 29.3 Å². The molecule has 0 bridgehead atoms.